The van der Waals surface area contributed by atoms with Crippen LogP contribution in [0.3, 0.4) is 0 Å². The van der Waals surface area contributed by atoms with Crippen LogP contribution in [0.4, 0.5) is 4.39 Å². The van der Waals surface area contributed by atoms with E-state index in [2.05, 4.69) is 0 Å². The highest BCUT2D eigenvalue weighted by Crippen LogP contribution is 2.37. The summed E-state index contributed by atoms with van der Waals surface area (Å²) in [7, 11) is 0. The van der Waals surface area contributed by atoms with E-state index in [-0.39, 0.29) is 11.8 Å². The largest absolute Gasteiger partial charge is 0.489 e. The van der Waals surface area contributed by atoms with Crippen molar-refractivity contribution in [3.05, 3.63) is 28.5 Å². The van der Waals surface area contributed by atoms with Gasteiger partial charge in [-0.25, -0.2) is 4.39 Å². The molecule has 1 aromatic rings. The highest BCUT2D eigenvalue weighted by Gasteiger charge is 2.24. The number of halogens is 2. The van der Waals surface area contributed by atoms with Crippen LogP contribution in [-0.4, -0.2) is 6.61 Å². The van der Waals surface area contributed by atoms with Gasteiger partial charge in [-0.3, -0.25) is 0 Å². The summed E-state index contributed by atoms with van der Waals surface area (Å²) in [5.74, 6) is 0.146. The second-order valence-corrected chi connectivity index (χ2v) is 5.22. The van der Waals surface area contributed by atoms with Gasteiger partial charge in [-0.1, -0.05) is 24.4 Å². The van der Waals surface area contributed by atoms with E-state index in [1.165, 1.54) is 18.9 Å². The first-order valence-electron chi connectivity index (χ1n) is 6.50. The fraction of sp³-hybridized carbons (Fsp3) is 0.571. The molecule has 0 aromatic heterocycles. The second kappa shape index (κ2) is 5.89. The van der Waals surface area contributed by atoms with Gasteiger partial charge in [0.05, 0.1) is 11.6 Å². The molecule has 1 saturated carbocycles. The molecule has 1 aliphatic carbocycles. The summed E-state index contributed by atoms with van der Waals surface area (Å²) in [6.45, 7) is 2.19. The lowest BCUT2D eigenvalue weighted by Crippen LogP contribution is -2.19. The molecule has 0 unspecified atom stereocenters. The molecule has 1 fully saturated rings. The number of ether oxygens (including phenoxy) is 1. The van der Waals surface area contributed by atoms with Crippen molar-refractivity contribution in [2.24, 2.45) is 11.7 Å². The van der Waals surface area contributed by atoms with E-state index in [1.807, 2.05) is 0 Å². The Labute approximate surface area is 112 Å². The van der Waals surface area contributed by atoms with Crippen molar-refractivity contribution in [1.29, 1.82) is 0 Å². The average Bonchev–Trinajstić information content (AvgIpc) is 2.86. The number of hydrogen-bond acceptors (Lipinski definition) is 2. The van der Waals surface area contributed by atoms with Crippen LogP contribution in [0.5, 0.6) is 5.75 Å². The summed E-state index contributed by atoms with van der Waals surface area (Å²) in [5.41, 5.74) is 6.97. The van der Waals surface area contributed by atoms with Crippen LogP contribution in [0.15, 0.2) is 12.1 Å². The molecule has 2 nitrogen and oxygen atoms in total. The fourth-order valence-electron chi connectivity index (χ4n) is 2.64. The van der Waals surface area contributed by atoms with Crippen molar-refractivity contribution in [3.8, 4) is 5.75 Å². The Kier molecular flexibility index (Phi) is 4.46. The Morgan fingerprint density at radius 3 is 2.67 bits per heavy atom. The first-order chi connectivity index (χ1) is 8.63. The van der Waals surface area contributed by atoms with Gasteiger partial charge in [-0.15, -0.1) is 0 Å². The molecule has 18 heavy (non-hydrogen) atoms. The van der Waals surface area contributed by atoms with E-state index >= 15 is 0 Å². The zero-order valence-corrected chi connectivity index (χ0v) is 11.3. The molecule has 0 aliphatic heterocycles. The third kappa shape index (κ3) is 2.78. The molecule has 100 valence electrons. The molecule has 1 atom stereocenters. The molecule has 1 aromatic carbocycles. The first-order valence-corrected chi connectivity index (χ1v) is 6.88. The maximum Gasteiger partial charge on any atom is 0.173 e. The van der Waals surface area contributed by atoms with Gasteiger partial charge in [-0.2, -0.15) is 0 Å². The zero-order chi connectivity index (χ0) is 13.1. The predicted octanol–water partition coefficient (Wildman–Crippen LogP) is 4.07. The number of benzene rings is 1. The normalized spacial score (nSPS) is 18.0. The molecule has 1 aliphatic rings. The second-order valence-electron chi connectivity index (χ2n) is 4.82. The van der Waals surface area contributed by atoms with Gasteiger partial charge < -0.3 is 10.5 Å². The monoisotopic (exact) mass is 271 g/mol. The van der Waals surface area contributed by atoms with Crippen molar-refractivity contribution in [3.63, 3.8) is 0 Å². The Morgan fingerprint density at radius 2 is 2.11 bits per heavy atom. The van der Waals surface area contributed by atoms with Gasteiger partial charge in [0.15, 0.2) is 11.6 Å². The summed E-state index contributed by atoms with van der Waals surface area (Å²) >= 11 is 6.04. The molecule has 2 N–H and O–H groups in total. The van der Waals surface area contributed by atoms with Crippen molar-refractivity contribution < 1.29 is 9.13 Å². The lowest BCUT2D eigenvalue weighted by molar-refractivity contribution is 0.321. The first kappa shape index (κ1) is 13.6. The van der Waals surface area contributed by atoms with Crippen molar-refractivity contribution in [2.45, 2.75) is 38.6 Å². The Bertz CT molecular complexity index is 395. The summed E-state index contributed by atoms with van der Waals surface area (Å²) in [6.07, 6.45) is 4.67. The smallest absolute Gasteiger partial charge is 0.173 e. The van der Waals surface area contributed by atoms with E-state index in [4.69, 9.17) is 22.1 Å². The van der Waals surface area contributed by atoms with E-state index in [1.54, 1.807) is 13.0 Å². The highest BCUT2D eigenvalue weighted by atomic mass is 35.5. The predicted molar refractivity (Wildman–Crippen MR) is 71.5 cm³/mol. The molecule has 0 radical (unpaired) electrons. The van der Waals surface area contributed by atoms with E-state index in [0.29, 0.717) is 17.5 Å². The molecule has 0 amide bonds. The minimum Gasteiger partial charge on any atom is -0.489 e. The molecule has 0 bridgehead atoms. The average molecular weight is 272 g/mol. The van der Waals surface area contributed by atoms with Crippen molar-refractivity contribution in [2.75, 3.05) is 6.61 Å². The van der Waals surface area contributed by atoms with Gasteiger partial charge in [0.2, 0.25) is 0 Å². The highest BCUT2D eigenvalue weighted by molar-refractivity contribution is 6.32. The van der Waals surface area contributed by atoms with Crippen LogP contribution in [0.1, 0.15) is 44.2 Å². The van der Waals surface area contributed by atoms with E-state index in [0.717, 1.165) is 18.4 Å². The summed E-state index contributed by atoms with van der Waals surface area (Å²) in [4.78, 5) is 0. The van der Waals surface area contributed by atoms with Gasteiger partial charge in [-0.05, 0) is 43.4 Å². The van der Waals surface area contributed by atoms with Gasteiger partial charge >= 0.3 is 0 Å². The third-order valence-corrected chi connectivity index (χ3v) is 3.88. The van der Waals surface area contributed by atoms with Crippen molar-refractivity contribution >= 4 is 11.6 Å². The molecule has 0 spiro atoms. The van der Waals surface area contributed by atoms with Crippen LogP contribution in [0.25, 0.3) is 0 Å². The minimum absolute atomic E-state index is 0.126. The third-order valence-electron chi connectivity index (χ3n) is 3.60. The van der Waals surface area contributed by atoms with Crippen LogP contribution in [-0.2, 0) is 0 Å². The van der Waals surface area contributed by atoms with Crippen LogP contribution >= 0.6 is 11.6 Å². The standard InChI is InChI=1S/C14H19ClFNO/c1-2-18-14-11(15)7-10(8-12(14)16)13(17)9-5-3-4-6-9/h7-9,13H,2-6,17H2,1H3/t13-/m1/s1. The van der Waals surface area contributed by atoms with Gasteiger partial charge in [0, 0.05) is 6.04 Å². The molecule has 4 heteroatoms. The van der Waals surface area contributed by atoms with E-state index < -0.39 is 5.82 Å². The van der Waals surface area contributed by atoms with Gasteiger partial charge in [0.1, 0.15) is 0 Å². The number of nitrogens with two attached hydrogens (primary N) is 1. The topological polar surface area (TPSA) is 35.2 Å². The van der Waals surface area contributed by atoms with Crippen molar-refractivity contribution in [1.82, 2.24) is 0 Å². The lowest BCUT2D eigenvalue weighted by atomic mass is 9.92. The Balaban J connectivity index is 2.23. The number of rotatable bonds is 4. The summed E-state index contributed by atoms with van der Waals surface area (Å²) in [5, 5.41) is 0.306. The minimum atomic E-state index is -0.423. The molecular weight excluding hydrogens is 253 g/mol. The van der Waals surface area contributed by atoms with E-state index in [9.17, 15) is 4.39 Å². The quantitative estimate of drug-likeness (QED) is 0.896. The number of hydrogen-bond donors (Lipinski definition) is 1. The van der Waals surface area contributed by atoms with Crippen LogP contribution < -0.4 is 10.5 Å². The molecule has 0 heterocycles. The van der Waals surface area contributed by atoms with Crippen LogP contribution in [0, 0.1) is 11.7 Å². The maximum absolute atomic E-state index is 13.9. The Hall–Kier alpha value is -0.800. The molecule has 2 rings (SSSR count). The molecular formula is C14H19ClFNO. The van der Waals surface area contributed by atoms with Gasteiger partial charge in [0.25, 0.3) is 0 Å². The Morgan fingerprint density at radius 1 is 1.44 bits per heavy atom. The summed E-state index contributed by atoms with van der Waals surface area (Å²) < 4.78 is 19.1. The molecule has 0 saturated heterocycles. The maximum atomic E-state index is 13.9. The SMILES string of the molecule is CCOc1c(F)cc([C@H](N)C2CCCC2)cc1Cl. The summed E-state index contributed by atoms with van der Waals surface area (Å²) in [6, 6.07) is 3.06. The zero-order valence-electron chi connectivity index (χ0n) is 10.6. The fourth-order valence-corrected chi connectivity index (χ4v) is 2.91. The van der Waals surface area contributed by atoms with Crippen LogP contribution in [0.2, 0.25) is 5.02 Å². The lowest BCUT2D eigenvalue weighted by Gasteiger charge is -2.20.